The second kappa shape index (κ2) is 15.2. The van der Waals surface area contributed by atoms with Crippen LogP contribution in [0.2, 0.25) is 0 Å². The van der Waals surface area contributed by atoms with Gasteiger partial charge in [-0.05, 0) is 68.1 Å². The van der Waals surface area contributed by atoms with Gasteiger partial charge in [0.05, 0.1) is 12.8 Å². The molecule has 260 valence electrons. The number of nitrogens with one attached hydrogen (secondary N) is 2. The largest absolute Gasteiger partial charge is 0.480 e. The van der Waals surface area contributed by atoms with Crippen molar-refractivity contribution in [2.75, 3.05) is 13.2 Å². The summed E-state index contributed by atoms with van der Waals surface area (Å²) in [6, 6.07) is -2.74. The van der Waals surface area contributed by atoms with E-state index >= 15 is 0 Å². The van der Waals surface area contributed by atoms with E-state index in [9.17, 15) is 28.8 Å². The Morgan fingerprint density at radius 1 is 0.979 bits per heavy atom. The Balaban J connectivity index is 1.23. The molecule has 2 amide bonds. The van der Waals surface area contributed by atoms with E-state index in [0.717, 1.165) is 43.6 Å². The molecule has 13 nitrogen and oxygen atoms in total. The Labute approximate surface area is 279 Å². The molecule has 4 unspecified atom stereocenters. The van der Waals surface area contributed by atoms with Crippen molar-refractivity contribution in [1.82, 2.24) is 10.6 Å². The van der Waals surface area contributed by atoms with Gasteiger partial charge < -0.3 is 36.1 Å². The number of carboxylic acid groups (broad SMARTS) is 2. The molecule has 4 aliphatic rings. The van der Waals surface area contributed by atoms with E-state index in [4.69, 9.17) is 37.0 Å². The highest BCUT2D eigenvalue weighted by molar-refractivity contribution is 6.30. The molecule has 0 bridgehead atoms. The van der Waals surface area contributed by atoms with Crippen molar-refractivity contribution < 1.29 is 48.5 Å². The van der Waals surface area contributed by atoms with Gasteiger partial charge in [0, 0.05) is 23.3 Å². The van der Waals surface area contributed by atoms with Crippen LogP contribution in [0, 0.1) is 28.6 Å². The molecule has 6 N–H and O–H groups in total. The smallest absolute Gasteiger partial charge is 0.322 e. The molecule has 0 aromatic rings. The molecule has 0 aliphatic heterocycles. The molecule has 47 heavy (non-hydrogen) atoms. The normalized spacial score (nSPS) is 30.6. The quantitative estimate of drug-likeness (QED) is 0.133. The molecule has 0 saturated heterocycles. The summed E-state index contributed by atoms with van der Waals surface area (Å²) in [6.07, 6.45) is 9.78. The van der Waals surface area contributed by atoms with Crippen molar-refractivity contribution >= 4 is 47.3 Å². The summed E-state index contributed by atoms with van der Waals surface area (Å²) in [4.78, 5) is 71.5. The fourth-order valence-electron chi connectivity index (χ4n) is 8.09. The van der Waals surface area contributed by atoms with Crippen LogP contribution in [0.4, 0.5) is 0 Å². The Kier molecular flexibility index (Phi) is 11.8. The first-order chi connectivity index (χ1) is 22.1. The number of esters is 2. The number of allylic oxidation sites excluding steroid dienone is 3. The lowest BCUT2D eigenvalue weighted by Gasteiger charge is -2.57. The van der Waals surface area contributed by atoms with Gasteiger partial charge in [-0.15, -0.1) is 0 Å². The Bertz CT molecular complexity index is 1330. The first-order valence-corrected chi connectivity index (χ1v) is 16.7. The Morgan fingerprint density at radius 2 is 1.68 bits per heavy atom. The summed E-state index contributed by atoms with van der Waals surface area (Å²) in [5.74, 6) is -3.92. The number of ether oxygens (including phenoxy) is 2. The summed E-state index contributed by atoms with van der Waals surface area (Å²) in [7, 11) is 0. The first kappa shape index (κ1) is 36.4. The molecule has 2 saturated carbocycles. The number of hydrogen-bond donors (Lipinski definition) is 5. The fraction of sp³-hybridized carbons (Fsp3) is 0.697. The number of halogens is 1. The van der Waals surface area contributed by atoms with Crippen LogP contribution < -0.4 is 16.4 Å². The topological polar surface area (TPSA) is 211 Å². The predicted octanol–water partition coefficient (Wildman–Crippen LogP) is 2.79. The highest BCUT2D eigenvalue weighted by Gasteiger charge is 2.56. The molecule has 4 aliphatic carbocycles. The predicted molar refractivity (Wildman–Crippen MR) is 169 cm³/mol. The number of carbonyl (C=O) groups excluding carboxylic acids is 4. The summed E-state index contributed by atoms with van der Waals surface area (Å²) >= 11 is 6.65. The zero-order valence-electron chi connectivity index (χ0n) is 26.9. The van der Waals surface area contributed by atoms with E-state index in [1.807, 2.05) is 0 Å². The SMILES string of the molecule is C[C@]12CC[C@H](OC(=O)CCC(=O)OCC(NC(=O)CC[C@H](N)C(=O)O)C(=O)NCC(=O)O)CC1=CCC1C2CC[C@]2(C)C(Cl)=CCC12. The fourth-order valence-corrected chi connectivity index (χ4v) is 8.41. The van der Waals surface area contributed by atoms with Crippen molar-refractivity contribution in [1.29, 1.82) is 0 Å². The lowest BCUT2D eigenvalue weighted by Crippen LogP contribution is -2.50. The van der Waals surface area contributed by atoms with Crippen molar-refractivity contribution in [2.45, 2.75) is 103 Å². The van der Waals surface area contributed by atoms with E-state index < -0.39 is 60.9 Å². The molecule has 8 atom stereocenters. The van der Waals surface area contributed by atoms with Gasteiger partial charge >= 0.3 is 23.9 Å². The molecular weight excluding hydrogens is 634 g/mol. The minimum atomic E-state index is -1.45. The zero-order valence-corrected chi connectivity index (χ0v) is 27.7. The van der Waals surface area contributed by atoms with E-state index in [-0.39, 0.29) is 42.6 Å². The second-order valence-electron chi connectivity index (χ2n) is 13.8. The Hall–Kier alpha value is -3.45. The second-order valence-corrected chi connectivity index (χ2v) is 14.2. The van der Waals surface area contributed by atoms with Crippen LogP contribution in [0.25, 0.3) is 0 Å². The average Bonchev–Trinajstić information content (AvgIpc) is 3.33. The summed E-state index contributed by atoms with van der Waals surface area (Å²) < 4.78 is 10.9. The van der Waals surface area contributed by atoms with Crippen molar-refractivity contribution in [3.63, 3.8) is 0 Å². The number of carbonyl (C=O) groups is 6. The number of carboxylic acids is 2. The zero-order chi connectivity index (χ0) is 34.5. The minimum Gasteiger partial charge on any atom is -0.480 e. The van der Waals surface area contributed by atoms with E-state index in [1.54, 1.807) is 0 Å². The van der Waals surface area contributed by atoms with Gasteiger partial charge in [-0.3, -0.25) is 28.8 Å². The average molecular weight is 680 g/mol. The van der Waals surface area contributed by atoms with Crippen molar-refractivity contribution in [3.8, 4) is 0 Å². The van der Waals surface area contributed by atoms with Crippen molar-refractivity contribution in [2.24, 2.45) is 34.3 Å². The van der Waals surface area contributed by atoms with Gasteiger partial charge in [0.25, 0.3) is 0 Å². The molecular formula is C33H46ClN3O10. The summed E-state index contributed by atoms with van der Waals surface area (Å²) in [6.45, 7) is 3.31. The monoisotopic (exact) mass is 679 g/mol. The van der Waals surface area contributed by atoms with E-state index in [1.165, 1.54) is 5.57 Å². The van der Waals surface area contributed by atoms with Gasteiger partial charge in [-0.2, -0.15) is 0 Å². The molecule has 0 radical (unpaired) electrons. The van der Waals surface area contributed by atoms with Gasteiger partial charge in [-0.25, -0.2) is 0 Å². The maximum absolute atomic E-state index is 12.7. The summed E-state index contributed by atoms with van der Waals surface area (Å²) in [5, 5.41) is 23.1. The highest BCUT2D eigenvalue weighted by Crippen LogP contribution is 2.65. The highest BCUT2D eigenvalue weighted by atomic mass is 35.5. The Morgan fingerprint density at radius 3 is 2.38 bits per heavy atom. The molecule has 0 aromatic carbocycles. The third-order valence-electron chi connectivity index (χ3n) is 10.9. The minimum absolute atomic E-state index is 0.0665. The van der Waals surface area contributed by atoms with Gasteiger partial charge in [0.15, 0.2) is 0 Å². The molecule has 0 aromatic heterocycles. The van der Waals surface area contributed by atoms with Crippen LogP contribution in [0.3, 0.4) is 0 Å². The molecule has 4 rings (SSSR count). The molecule has 14 heteroatoms. The lowest BCUT2D eigenvalue weighted by atomic mass is 9.48. The maximum atomic E-state index is 12.7. The van der Waals surface area contributed by atoms with Crippen LogP contribution in [-0.4, -0.2) is 77.2 Å². The number of rotatable bonds is 14. The maximum Gasteiger partial charge on any atom is 0.322 e. The van der Waals surface area contributed by atoms with Crippen LogP contribution >= 0.6 is 11.6 Å². The summed E-state index contributed by atoms with van der Waals surface area (Å²) in [5.41, 5.74) is 6.89. The van der Waals surface area contributed by atoms with Gasteiger partial charge in [0.2, 0.25) is 11.8 Å². The molecule has 0 heterocycles. The van der Waals surface area contributed by atoms with Crippen LogP contribution in [0.1, 0.15) is 84.5 Å². The van der Waals surface area contributed by atoms with Gasteiger partial charge in [0.1, 0.15) is 31.3 Å². The number of amides is 2. The lowest BCUT2D eigenvalue weighted by molar-refractivity contribution is -0.156. The number of fused-ring (bicyclic) bond motifs is 5. The third kappa shape index (κ3) is 8.53. The number of hydrogen-bond acceptors (Lipinski definition) is 9. The van der Waals surface area contributed by atoms with E-state index in [0.29, 0.717) is 24.2 Å². The van der Waals surface area contributed by atoms with E-state index in [2.05, 4.69) is 36.6 Å². The van der Waals surface area contributed by atoms with Crippen LogP contribution in [0.15, 0.2) is 22.8 Å². The molecule has 0 spiro atoms. The third-order valence-corrected chi connectivity index (χ3v) is 11.4. The van der Waals surface area contributed by atoms with Gasteiger partial charge in [-0.1, -0.05) is 43.2 Å². The number of aliphatic carboxylic acids is 2. The van der Waals surface area contributed by atoms with Crippen LogP contribution in [0.5, 0.6) is 0 Å². The standard InChI is InChI=1S/C33H46ClN3O10/c1-32-13-11-19(15-18(32)3-4-20-21-5-7-25(34)33(21,2)14-12-22(20)32)47-29(42)10-9-28(41)46-17-24(30(43)36-16-27(39)40)37-26(38)8-6-23(35)31(44)45/h3,7,19-24H,4-6,8-17,35H2,1-2H3,(H,36,43)(H,37,38)(H,39,40)(H,44,45)/t19-,20?,21?,22?,23-,24?,32-,33-/m0/s1. The first-order valence-electron chi connectivity index (χ1n) is 16.3. The van der Waals surface area contributed by atoms with Crippen molar-refractivity contribution in [3.05, 3.63) is 22.8 Å². The number of nitrogens with two attached hydrogens (primary N) is 1. The molecule has 2 fully saturated rings. The van der Waals surface area contributed by atoms with Crippen LogP contribution in [-0.2, 0) is 38.2 Å².